The number of nitrogens with zero attached hydrogens (tertiary/aromatic N) is 2. The largest absolute Gasteiger partial charge is 0.351 e. The van der Waals surface area contributed by atoms with Crippen molar-refractivity contribution in [2.75, 3.05) is 19.6 Å². The summed E-state index contributed by atoms with van der Waals surface area (Å²) in [5, 5.41) is 3.11. The normalized spacial score (nSPS) is 29.1. The number of benzene rings is 1. The molecule has 6 nitrogen and oxygen atoms in total. The third-order valence-electron chi connectivity index (χ3n) is 6.61. The molecule has 30 heavy (non-hydrogen) atoms. The fourth-order valence-corrected chi connectivity index (χ4v) is 4.90. The van der Waals surface area contributed by atoms with Crippen molar-refractivity contribution in [2.45, 2.75) is 64.5 Å². The van der Waals surface area contributed by atoms with Gasteiger partial charge in [0, 0.05) is 43.4 Å². The summed E-state index contributed by atoms with van der Waals surface area (Å²) in [4.78, 5) is 41.8. The highest BCUT2D eigenvalue weighted by atomic mass is 16.2. The molecule has 1 aromatic carbocycles. The predicted molar refractivity (Wildman–Crippen MR) is 115 cm³/mol. The van der Waals surface area contributed by atoms with Gasteiger partial charge in [0.25, 0.3) is 0 Å². The molecule has 6 heteroatoms. The fraction of sp³-hybridized carbons (Fsp3) is 0.625. The van der Waals surface area contributed by atoms with Gasteiger partial charge in [0.15, 0.2) is 0 Å². The van der Waals surface area contributed by atoms with Crippen LogP contribution in [0.25, 0.3) is 0 Å². The maximum Gasteiger partial charge on any atom is 0.227 e. The lowest BCUT2D eigenvalue weighted by Gasteiger charge is -2.36. The maximum atomic E-state index is 12.9. The zero-order valence-corrected chi connectivity index (χ0v) is 18.3. The molecule has 0 radical (unpaired) electrons. The van der Waals surface area contributed by atoms with Crippen molar-refractivity contribution in [3.05, 3.63) is 35.9 Å². The van der Waals surface area contributed by atoms with E-state index in [1.54, 1.807) is 0 Å². The minimum absolute atomic E-state index is 0.0172. The maximum absolute atomic E-state index is 12.9. The highest BCUT2D eigenvalue weighted by Gasteiger charge is 2.48. The van der Waals surface area contributed by atoms with Crippen LogP contribution in [0, 0.1) is 11.3 Å². The van der Waals surface area contributed by atoms with Crippen molar-refractivity contribution >= 4 is 17.7 Å². The summed E-state index contributed by atoms with van der Waals surface area (Å²) in [6, 6.07) is 10.5. The third kappa shape index (κ3) is 4.37. The lowest BCUT2D eigenvalue weighted by atomic mass is 9.91. The molecule has 1 saturated carbocycles. The standard InChI is InChI=1S/C24H33N3O3/c1-24(2,3)23(30)26-11-7-10-17(14-26)22(29)25-18-12-21(28)27(15-18)20-13-19(20)16-8-5-4-6-9-16/h4-6,8-9,17-20H,7,10-15H2,1-3H3,(H,25,29)/t17-,18+,19-,20-/m0/s1. The number of likely N-dealkylation sites (tertiary alicyclic amines) is 2. The topological polar surface area (TPSA) is 69.7 Å². The average Bonchev–Trinajstić information content (AvgIpc) is 3.44. The molecule has 4 atom stereocenters. The number of hydrogen-bond acceptors (Lipinski definition) is 3. The number of nitrogens with one attached hydrogen (secondary N) is 1. The molecule has 4 rings (SSSR count). The summed E-state index contributed by atoms with van der Waals surface area (Å²) in [6.45, 7) is 7.54. The Morgan fingerprint density at radius 1 is 1.10 bits per heavy atom. The first-order valence-electron chi connectivity index (χ1n) is 11.2. The van der Waals surface area contributed by atoms with E-state index in [0.717, 1.165) is 25.8 Å². The van der Waals surface area contributed by atoms with E-state index in [1.165, 1.54) is 5.56 Å². The van der Waals surface area contributed by atoms with Crippen LogP contribution >= 0.6 is 0 Å². The molecule has 3 amide bonds. The van der Waals surface area contributed by atoms with Gasteiger partial charge in [-0.3, -0.25) is 14.4 Å². The van der Waals surface area contributed by atoms with Gasteiger partial charge in [-0.15, -0.1) is 0 Å². The van der Waals surface area contributed by atoms with Crippen molar-refractivity contribution < 1.29 is 14.4 Å². The van der Waals surface area contributed by atoms with Crippen LogP contribution in [0.3, 0.4) is 0 Å². The Bertz CT molecular complexity index is 817. The van der Waals surface area contributed by atoms with E-state index in [0.29, 0.717) is 25.4 Å². The summed E-state index contributed by atoms with van der Waals surface area (Å²) >= 11 is 0. The van der Waals surface area contributed by atoms with E-state index >= 15 is 0 Å². The number of rotatable bonds is 4. The Balaban J connectivity index is 1.30. The molecule has 0 bridgehead atoms. The number of amides is 3. The molecule has 1 N–H and O–H groups in total. The third-order valence-corrected chi connectivity index (χ3v) is 6.61. The highest BCUT2D eigenvalue weighted by Crippen LogP contribution is 2.45. The summed E-state index contributed by atoms with van der Waals surface area (Å²) < 4.78 is 0. The van der Waals surface area contributed by atoms with E-state index in [9.17, 15) is 14.4 Å². The Labute approximate surface area is 179 Å². The summed E-state index contributed by atoms with van der Waals surface area (Å²) in [5.74, 6) is 0.448. The first-order chi connectivity index (χ1) is 14.2. The van der Waals surface area contributed by atoms with Crippen LogP contribution in [0.15, 0.2) is 30.3 Å². The van der Waals surface area contributed by atoms with E-state index in [4.69, 9.17) is 0 Å². The van der Waals surface area contributed by atoms with Crippen LogP contribution in [0.2, 0.25) is 0 Å². The molecule has 1 aliphatic carbocycles. The monoisotopic (exact) mass is 411 g/mol. The van der Waals surface area contributed by atoms with E-state index < -0.39 is 5.41 Å². The van der Waals surface area contributed by atoms with Crippen LogP contribution in [0.5, 0.6) is 0 Å². The van der Waals surface area contributed by atoms with Crippen LogP contribution in [0.1, 0.15) is 57.9 Å². The summed E-state index contributed by atoms with van der Waals surface area (Å²) in [6.07, 6.45) is 3.02. The van der Waals surface area contributed by atoms with E-state index in [-0.39, 0.29) is 35.7 Å². The Hall–Kier alpha value is -2.37. The molecular formula is C24H33N3O3. The van der Waals surface area contributed by atoms with Crippen LogP contribution < -0.4 is 5.32 Å². The van der Waals surface area contributed by atoms with Crippen molar-refractivity contribution in [1.82, 2.24) is 15.1 Å². The van der Waals surface area contributed by atoms with Gasteiger partial charge in [0.1, 0.15) is 0 Å². The molecule has 2 saturated heterocycles. The van der Waals surface area contributed by atoms with Crippen molar-refractivity contribution in [3.63, 3.8) is 0 Å². The summed E-state index contributed by atoms with van der Waals surface area (Å²) in [5.41, 5.74) is 0.852. The Morgan fingerprint density at radius 2 is 1.83 bits per heavy atom. The van der Waals surface area contributed by atoms with Crippen LogP contribution in [-0.4, -0.2) is 59.2 Å². The smallest absolute Gasteiger partial charge is 0.227 e. The first kappa shape index (κ1) is 20.9. The minimum Gasteiger partial charge on any atom is -0.351 e. The van der Waals surface area contributed by atoms with Gasteiger partial charge in [0.05, 0.1) is 12.0 Å². The highest BCUT2D eigenvalue weighted by molar-refractivity contribution is 5.85. The predicted octanol–water partition coefficient (Wildman–Crippen LogP) is 2.54. The van der Waals surface area contributed by atoms with Crippen molar-refractivity contribution in [1.29, 1.82) is 0 Å². The van der Waals surface area contributed by atoms with Gasteiger partial charge in [-0.05, 0) is 24.8 Å². The van der Waals surface area contributed by atoms with Crippen LogP contribution in [0.4, 0.5) is 0 Å². The summed E-state index contributed by atoms with van der Waals surface area (Å²) in [7, 11) is 0. The van der Waals surface area contributed by atoms with Gasteiger partial charge < -0.3 is 15.1 Å². The number of carbonyl (C=O) groups excluding carboxylic acids is 3. The molecule has 162 valence electrons. The van der Waals surface area contributed by atoms with Crippen LogP contribution in [-0.2, 0) is 14.4 Å². The quantitative estimate of drug-likeness (QED) is 0.828. The van der Waals surface area contributed by atoms with Crippen molar-refractivity contribution in [3.8, 4) is 0 Å². The molecular weight excluding hydrogens is 378 g/mol. The second-order valence-corrected chi connectivity index (χ2v) is 10.1. The molecule has 2 aliphatic heterocycles. The number of piperidine rings is 1. The lowest BCUT2D eigenvalue weighted by molar-refractivity contribution is -0.142. The molecule has 0 spiro atoms. The molecule has 3 aliphatic rings. The van der Waals surface area contributed by atoms with Gasteiger partial charge in [-0.25, -0.2) is 0 Å². The first-order valence-corrected chi connectivity index (χ1v) is 11.2. The van der Waals surface area contributed by atoms with Crippen molar-refractivity contribution in [2.24, 2.45) is 11.3 Å². The Kier molecular flexibility index (Phi) is 5.60. The molecule has 2 heterocycles. The second kappa shape index (κ2) is 8.05. The molecule has 3 fully saturated rings. The lowest BCUT2D eigenvalue weighted by Crippen LogP contribution is -2.50. The van der Waals surface area contributed by atoms with E-state index in [2.05, 4.69) is 17.4 Å². The van der Waals surface area contributed by atoms with Gasteiger partial charge >= 0.3 is 0 Å². The van der Waals surface area contributed by atoms with Gasteiger partial charge in [0.2, 0.25) is 17.7 Å². The number of carbonyl (C=O) groups is 3. The zero-order valence-electron chi connectivity index (χ0n) is 18.3. The minimum atomic E-state index is -0.434. The van der Waals surface area contributed by atoms with Gasteiger partial charge in [-0.1, -0.05) is 51.1 Å². The zero-order chi connectivity index (χ0) is 21.5. The second-order valence-electron chi connectivity index (χ2n) is 10.1. The Morgan fingerprint density at radius 3 is 2.53 bits per heavy atom. The average molecular weight is 412 g/mol. The molecule has 0 aromatic heterocycles. The number of hydrogen-bond donors (Lipinski definition) is 1. The molecule has 1 aromatic rings. The van der Waals surface area contributed by atoms with Gasteiger partial charge in [-0.2, -0.15) is 0 Å². The fourth-order valence-electron chi connectivity index (χ4n) is 4.90. The molecule has 0 unspecified atom stereocenters. The van der Waals surface area contributed by atoms with E-state index in [1.807, 2.05) is 48.8 Å². The SMILES string of the molecule is CC(C)(C)C(=O)N1CCC[C@H](C(=O)N[C@@H]2CC(=O)N([C@H]3C[C@H]3c3ccccc3)C2)C1.